The van der Waals surface area contributed by atoms with Gasteiger partial charge < -0.3 is 5.32 Å². The molecule has 0 saturated heterocycles. The Bertz CT molecular complexity index is 656. The van der Waals surface area contributed by atoms with Gasteiger partial charge in [0, 0.05) is 18.7 Å². The molecular formula is C15H14Br3NS. The Labute approximate surface area is 150 Å². The maximum Gasteiger partial charge on any atom is 0.0562 e. The molecule has 1 aliphatic rings. The van der Waals surface area contributed by atoms with E-state index in [9.17, 15) is 0 Å². The van der Waals surface area contributed by atoms with Gasteiger partial charge in [-0.2, -0.15) is 0 Å². The zero-order valence-corrected chi connectivity index (χ0v) is 16.7. The zero-order valence-electron chi connectivity index (χ0n) is 11.0. The van der Waals surface area contributed by atoms with Gasteiger partial charge in [-0.1, -0.05) is 57.5 Å². The highest BCUT2D eigenvalue weighted by Gasteiger charge is 2.20. The van der Waals surface area contributed by atoms with Gasteiger partial charge in [0.25, 0.3) is 0 Å². The molecule has 0 amide bonds. The van der Waals surface area contributed by atoms with E-state index in [1.807, 2.05) is 11.8 Å². The van der Waals surface area contributed by atoms with Crippen molar-refractivity contribution in [3.63, 3.8) is 0 Å². The monoisotopic (exact) mass is 477 g/mol. The number of fused-ring (bicyclic) bond motifs is 2. The van der Waals surface area contributed by atoms with Gasteiger partial charge >= 0.3 is 0 Å². The van der Waals surface area contributed by atoms with E-state index in [0.717, 1.165) is 8.95 Å². The van der Waals surface area contributed by atoms with Gasteiger partial charge in [-0.25, -0.2) is 0 Å². The van der Waals surface area contributed by atoms with E-state index in [4.69, 9.17) is 0 Å². The summed E-state index contributed by atoms with van der Waals surface area (Å²) in [5, 5.41) is 3.58. The van der Waals surface area contributed by atoms with Crippen molar-refractivity contribution in [3.05, 3.63) is 44.8 Å². The van der Waals surface area contributed by atoms with E-state index < -0.39 is 0 Å². The minimum absolute atomic E-state index is 0. The van der Waals surface area contributed by atoms with Crippen LogP contribution < -0.4 is 5.32 Å². The molecule has 0 fully saturated rings. The number of rotatable bonds is 1. The summed E-state index contributed by atoms with van der Waals surface area (Å²) in [5.74, 6) is 0.497. The minimum atomic E-state index is 0. The van der Waals surface area contributed by atoms with Crippen LogP contribution in [0, 0.1) is 0 Å². The van der Waals surface area contributed by atoms with Crippen molar-refractivity contribution in [2.45, 2.75) is 29.6 Å². The fourth-order valence-electron chi connectivity index (χ4n) is 2.21. The van der Waals surface area contributed by atoms with Gasteiger partial charge in [-0.3, -0.25) is 0 Å². The molecule has 0 atom stereocenters. The average Bonchev–Trinajstić information content (AvgIpc) is 2.35. The lowest BCUT2D eigenvalue weighted by Crippen LogP contribution is -2.04. The largest absolute Gasteiger partial charge is 0.353 e. The first-order chi connectivity index (χ1) is 9.04. The second kappa shape index (κ2) is 6.42. The zero-order chi connectivity index (χ0) is 13.6. The molecule has 1 N–H and O–H groups in total. The van der Waals surface area contributed by atoms with Gasteiger partial charge in [-0.15, -0.1) is 17.0 Å². The maximum absolute atomic E-state index is 3.61. The van der Waals surface area contributed by atoms with E-state index in [1.54, 1.807) is 0 Å². The molecule has 0 aliphatic carbocycles. The minimum Gasteiger partial charge on any atom is -0.353 e. The SMILES string of the molecule is Br.CC(C)c1cc(Br)cc2c1Nc1ccc(Br)cc1S2. The highest BCUT2D eigenvalue weighted by atomic mass is 79.9. The summed E-state index contributed by atoms with van der Waals surface area (Å²) in [6.45, 7) is 4.46. The molecular weight excluding hydrogens is 466 g/mol. The first-order valence-corrected chi connectivity index (χ1v) is 8.52. The lowest BCUT2D eigenvalue weighted by Gasteiger charge is -2.25. The Morgan fingerprint density at radius 2 is 1.70 bits per heavy atom. The normalized spacial score (nSPS) is 12.2. The lowest BCUT2D eigenvalue weighted by atomic mass is 10.0. The average molecular weight is 480 g/mol. The lowest BCUT2D eigenvalue weighted by molar-refractivity contribution is 0.863. The van der Waals surface area contributed by atoms with Crippen molar-refractivity contribution in [2.75, 3.05) is 5.32 Å². The van der Waals surface area contributed by atoms with Crippen LogP contribution in [-0.2, 0) is 0 Å². The number of anilines is 2. The Kier molecular flexibility index (Phi) is 5.27. The summed E-state index contributed by atoms with van der Waals surface area (Å²) in [4.78, 5) is 2.54. The molecule has 20 heavy (non-hydrogen) atoms. The van der Waals surface area contributed by atoms with Gasteiger partial charge in [0.15, 0.2) is 0 Å². The summed E-state index contributed by atoms with van der Waals surface area (Å²) in [6, 6.07) is 10.8. The van der Waals surface area contributed by atoms with Crippen molar-refractivity contribution < 1.29 is 0 Å². The van der Waals surface area contributed by atoms with Crippen LogP contribution >= 0.6 is 60.6 Å². The van der Waals surface area contributed by atoms with Crippen LogP contribution in [0.5, 0.6) is 0 Å². The molecule has 1 nitrogen and oxygen atoms in total. The Morgan fingerprint density at radius 3 is 2.40 bits per heavy atom. The third kappa shape index (κ3) is 3.11. The topological polar surface area (TPSA) is 12.0 Å². The Hall–Kier alpha value is 0.0300. The molecule has 5 heteroatoms. The summed E-state index contributed by atoms with van der Waals surface area (Å²) >= 11 is 8.97. The first kappa shape index (κ1) is 16.4. The van der Waals surface area contributed by atoms with Crippen molar-refractivity contribution >= 4 is 72.0 Å². The summed E-state index contributed by atoms with van der Waals surface area (Å²) in [7, 11) is 0. The van der Waals surface area contributed by atoms with E-state index in [-0.39, 0.29) is 17.0 Å². The second-order valence-corrected chi connectivity index (χ2v) is 7.81. The quantitative estimate of drug-likeness (QED) is 0.398. The van der Waals surface area contributed by atoms with Gasteiger partial charge in [0.2, 0.25) is 0 Å². The maximum atomic E-state index is 3.61. The highest BCUT2D eigenvalue weighted by Crippen LogP contribution is 2.48. The Morgan fingerprint density at radius 1 is 1.00 bits per heavy atom. The van der Waals surface area contributed by atoms with Crippen LogP contribution in [0.1, 0.15) is 25.3 Å². The molecule has 2 aromatic carbocycles. The molecule has 0 aromatic heterocycles. The number of hydrogen-bond donors (Lipinski definition) is 1. The standard InChI is InChI=1S/C15H13Br2NS.BrH/c1-8(2)11-5-10(17)7-14-15(11)18-12-4-3-9(16)6-13(12)19-14;/h3-8,18H,1-2H3;1H. The predicted molar refractivity (Wildman–Crippen MR) is 100 cm³/mol. The van der Waals surface area contributed by atoms with E-state index in [1.165, 1.54) is 26.7 Å². The molecule has 106 valence electrons. The summed E-state index contributed by atoms with van der Waals surface area (Å²) in [5.41, 5.74) is 3.79. The van der Waals surface area contributed by atoms with Crippen molar-refractivity contribution in [1.82, 2.24) is 0 Å². The van der Waals surface area contributed by atoms with Crippen LogP contribution in [-0.4, -0.2) is 0 Å². The molecule has 1 aliphatic heterocycles. The van der Waals surface area contributed by atoms with Crippen molar-refractivity contribution in [2.24, 2.45) is 0 Å². The molecule has 0 radical (unpaired) electrons. The number of nitrogens with one attached hydrogen (secondary N) is 1. The van der Waals surface area contributed by atoms with Gasteiger partial charge in [0.1, 0.15) is 0 Å². The van der Waals surface area contributed by atoms with E-state index in [0.29, 0.717) is 5.92 Å². The molecule has 0 unspecified atom stereocenters. The predicted octanol–water partition coefficient (Wildman–Crippen LogP) is 7.12. The molecule has 0 spiro atoms. The van der Waals surface area contributed by atoms with Gasteiger partial charge in [-0.05, 0) is 41.8 Å². The van der Waals surface area contributed by atoms with Crippen molar-refractivity contribution in [1.29, 1.82) is 0 Å². The summed E-state index contributed by atoms with van der Waals surface area (Å²) < 4.78 is 2.26. The van der Waals surface area contributed by atoms with Crippen LogP contribution in [0.15, 0.2) is 49.1 Å². The number of halogens is 3. The smallest absolute Gasteiger partial charge is 0.0562 e. The number of hydrogen-bond acceptors (Lipinski definition) is 2. The van der Waals surface area contributed by atoms with E-state index >= 15 is 0 Å². The molecule has 0 saturated carbocycles. The highest BCUT2D eigenvalue weighted by molar-refractivity contribution is 9.10. The third-order valence-electron chi connectivity index (χ3n) is 3.14. The van der Waals surface area contributed by atoms with Crippen LogP contribution in [0.2, 0.25) is 0 Å². The third-order valence-corrected chi connectivity index (χ3v) is 5.19. The van der Waals surface area contributed by atoms with Crippen LogP contribution in [0.25, 0.3) is 0 Å². The fourth-order valence-corrected chi connectivity index (χ4v) is 4.46. The number of benzene rings is 2. The van der Waals surface area contributed by atoms with Crippen LogP contribution in [0.3, 0.4) is 0 Å². The molecule has 2 aromatic rings. The van der Waals surface area contributed by atoms with Crippen LogP contribution in [0.4, 0.5) is 11.4 Å². The summed E-state index contributed by atoms with van der Waals surface area (Å²) in [6.07, 6.45) is 0. The first-order valence-electron chi connectivity index (χ1n) is 6.12. The molecule has 0 bridgehead atoms. The van der Waals surface area contributed by atoms with E-state index in [2.05, 4.69) is 81.4 Å². The molecule has 3 rings (SSSR count). The fraction of sp³-hybridized carbons (Fsp3) is 0.200. The van der Waals surface area contributed by atoms with Gasteiger partial charge in [0.05, 0.1) is 11.4 Å². The van der Waals surface area contributed by atoms with Crippen molar-refractivity contribution in [3.8, 4) is 0 Å². The molecule has 1 heterocycles. The Balaban J connectivity index is 0.00000147. The second-order valence-electron chi connectivity index (χ2n) is 4.89.